The minimum Gasteiger partial charge on any atom is -0.496 e. The van der Waals surface area contributed by atoms with Crippen molar-refractivity contribution in [3.05, 3.63) is 102 Å². The summed E-state index contributed by atoms with van der Waals surface area (Å²) in [6.07, 6.45) is 4.99. The van der Waals surface area contributed by atoms with Gasteiger partial charge in [0.1, 0.15) is 29.1 Å². The summed E-state index contributed by atoms with van der Waals surface area (Å²) in [7, 11) is 1.63. The maximum Gasteiger partial charge on any atom is 0.277 e. The lowest BCUT2D eigenvalue weighted by Gasteiger charge is -2.27. The number of hydrogen-bond donors (Lipinski definition) is 1. The molecule has 1 aliphatic heterocycles. The Labute approximate surface area is 194 Å². The predicted octanol–water partition coefficient (Wildman–Crippen LogP) is 4.89. The molecule has 1 unspecified atom stereocenters. The molecule has 4 heterocycles. The first kappa shape index (κ1) is 19.9. The van der Waals surface area contributed by atoms with Gasteiger partial charge in [0.2, 0.25) is 0 Å². The highest BCUT2D eigenvalue weighted by atomic mass is 16.5. The van der Waals surface area contributed by atoms with Crippen molar-refractivity contribution in [2.75, 3.05) is 12.0 Å². The topological polar surface area (TPSA) is 97.1 Å². The summed E-state index contributed by atoms with van der Waals surface area (Å²) in [5.74, 6) is 0.526. The van der Waals surface area contributed by atoms with Crippen LogP contribution >= 0.6 is 0 Å². The minimum absolute atomic E-state index is 0.164. The number of nitrogens with zero attached hydrogens (tertiary/aromatic N) is 4. The summed E-state index contributed by atoms with van der Waals surface area (Å²) in [5, 5.41) is 11.5. The fourth-order valence-corrected chi connectivity index (χ4v) is 4.48. The maximum absolute atomic E-state index is 13.7. The first-order chi connectivity index (χ1) is 16.8. The highest BCUT2D eigenvalue weighted by molar-refractivity contribution is 6.12. The van der Waals surface area contributed by atoms with Gasteiger partial charge in [0, 0.05) is 46.4 Å². The normalized spacial score (nSPS) is 14.9. The number of benzene rings is 2. The van der Waals surface area contributed by atoms with Crippen molar-refractivity contribution < 1.29 is 14.1 Å². The Morgan fingerprint density at radius 2 is 1.85 bits per heavy atom. The van der Waals surface area contributed by atoms with E-state index in [1.54, 1.807) is 30.5 Å². The number of fused-ring (bicyclic) bond motifs is 1. The first-order valence-corrected chi connectivity index (χ1v) is 10.7. The van der Waals surface area contributed by atoms with Gasteiger partial charge >= 0.3 is 0 Å². The quantitative estimate of drug-likeness (QED) is 0.411. The van der Waals surface area contributed by atoms with E-state index in [0.717, 1.165) is 33.6 Å². The Balaban J connectivity index is 1.52. The van der Waals surface area contributed by atoms with Crippen molar-refractivity contribution in [2.45, 2.75) is 6.04 Å². The van der Waals surface area contributed by atoms with Crippen LogP contribution in [0.1, 0.15) is 27.7 Å². The van der Waals surface area contributed by atoms with Gasteiger partial charge in [-0.25, -0.2) is 0 Å². The zero-order valence-electron chi connectivity index (χ0n) is 18.2. The van der Waals surface area contributed by atoms with Crippen LogP contribution in [0.5, 0.6) is 5.75 Å². The van der Waals surface area contributed by atoms with Gasteiger partial charge in [0.15, 0.2) is 0 Å². The molecule has 6 rings (SSSR count). The fraction of sp³-hybridized carbons (Fsp3) is 0.0769. The average molecular weight is 449 g/mol. The fourth-order valence-electron chi connectivity index (χ4n) is 4.48. The Morgan fingerprint density at radius 3 is 2.59 bits per heavy atom. The number of nitrogens with one attached hydrogen (secondary N) is 1. The number of carbonyl (C=O) groups is 1. The van der Waals surface area contributed by atoms with Crippen LogP contribution in [0.25, 0.3) is 22.5 Å². The minimum atomic E-state index is -0.439. The third-order valence-electron chi connectivity index (χ3n) is 6.02. The Hall–Kier alpha value is -4.72. The number of aromatic amines is 1. The Morgan fingerprint density at radius 1 is 1.00 bits per heavy atom. The second kappa shape index (κ2) is 8.00. The van der Waals surface area contributed by atoms with E-state index in [9.17, 15) is 4.79 Å². The van der Waals surface area contributed by atoms with Gasteiger partial charge in [-0.15, -0.1) is 0 Å². The Bertz CT molecular complexity index is 1460. The molecule has 34 heavy (non-hydrogen) atoms. The molecule has 3 aromatic heterocycles. The van der Waals surface area contributed by atoms with Crippen LogP contribution in [-0.2, 0) is 0 Å². The molecule has 0 radical (unpaired) electrons. The lowest BCUT2D eigenvalue weighted by molar-refractivity contribution is 0.0988. The number of hydrogen-bond acceptors (Lipinski definition) is 6. The van der Waals surface area contributed by atoms with Crippen LogP contribution < -0.4 is 9.64 Å². The number of para-hydroxylation sites is 1. The van der Waals surface area contributed by atoms with Gasteiger partial charge in [-0.2, -0.15) is 5.10 Å². The molecule has 0 saturated heterocycles. The largest absolute Gasteiger partial charge is 0.496 e. The highest BCUT2D eigenvalue weighted by Gasteiger charge is 2.44. The Kier molecular flexibility index (Phi) is 4.69. The molecule has 1 atom stereocenters. The average Bonchev–Trinajstić information content (AvgIpc) is 3.63. The van der Waals surface area contributed by atoms with E-state index in [-0.39, 0.29) is 5.91 Å². The van der Waals surface area contributed by atoms with Crippen LogP contribution in [0.4, 0.5) is 5.69 Å². The van der Waals surface area contributed by atoms with E-state index in [2.05, 4.69) is 20.3 Å². The van der Waals surface area contributed by atoms with Gasteiger partial charge < -0.3 is 9.26 Å². The number of aromatic nitrogens is 4. The molecular formula is C26H19N5O3. The molecule has 1 amide bonds. The van der Waals surface area contributed by atoms with Crippen molar-refractivity contribution >= 4 is 11.6 Å². The molecule has 166 valence electrons. The van der Waals surface area contributed by atoms with Crippen LogP contribution in [0, 0.1) is 0 Å². The number of anilines is 1. The summed E-state index contributed by atoms with van der Waals surface area (Å²) in [6.45, 7) is 0. The molecule has 8 heteroatoms. The molecule has 1 N–H and O–H groups in total. The zero-order valence-corrected chi connectivity index (χ0v) is 18.2. The summed E-state index contributed by atoms with van der Waals surface area (Å²) < 4.78 is 10.6. The van der Waals surface area contributed by atoms with E-state index in [0.29, 0.717) is 17.1 Å². The molecule has 0 aliphatic carbocycles. The van der Waals surface area contributed by atoms with E-state index in [4.69, 9.17) is 9.26 Å². The number of ether oxygens (including phenoxy) is 1. The SMILES string of the molecule is COc1ccccc1C1c2c(-c3cccnc3)n[nH]c2C(=O)N1c1ccc(-c2ccon2)cc1. The third kappa shape index (κ3) is 3.07. The van der Waals surface area contributed by atoms with E-state index in [1.807, 2.05) is 60.7 Å². The number of H-pyrrole nitrogens is 1. The molecule has 5 aromatic rings. The summed E-state index contributed by atoms with van der Waals surface area (Å²) in [4.78, 5) is 19.7. The van der Waals surface area contributed by atoms with Crippen LogP contribution in [0.2, 0.25) is 0 Å². The lowest BCUT2D eigenvalue weighted by atomic mass is 9.95. The molecule has 1 aliphatic rings. The number of carbonyl (C=O) groups excluding carboxylic acids is 1. The molecule has 8 nitrogen and oxygen atoms in total. The predicted molar refractivity (Wildman–Crippen MR) is 125 cm³/mol. The zero-order chi connectivity index (χ0) is 23.1. The van der Waals surface area contributed by atoms with Crippen molar-refractivity contribution in [1.82, 2.24) is 20.3 Å². The van der Waals surface area contributed by atoms with Gasteiger partial charge in [-0.05, 0) is 30.3 Å². The van der Waals surface area contributed by atoms with Gasteiger partial charge in [-0.3, -0.25) is 19.8 Å². The smallest absolute Gasteiger partial charge is 0.277 e. The number of methoxy groups -OCH3 is 1. The number of amides is 1. The molecule has 0 saturated carbocycles. The summed E-state index contributed by atoms with van der Waals surface area (Å²) in [6, 6.07) is 20.5. The number of pyridine rings is 1. The maximum atomic E-state index is 13.7. The van der Waals surface area contributed by atoms with E-state index in [1.165, 1.54) is 6.26 Å². The van der Waals surface area contributed by atoms with Gasteiger partial charge in [0.05, 0.1) is 13.2 Å². The van der Waals surface area contributed by atoms with E-state index >= 15 is 0 Å². The molecule has 0 spiro atoms. The number of rotatable bonds is 5. The first-order valence-electron chi connectivity index (χ1n) is 10.7. The van der Waals surface area contributed by atoms with Crippen molar-refractivity contribution in [2.24, 2.45) is 0 Å². The molecule has 0 bridgehead atoms. The second-order valence-corrected chi connectivity index (χ2v) is 7.85. The van der Waals surface area contributed by atoms with Crippen molar-refractivity contribution in [3.8, 4) is 28.3 Å². The van der Waals surface area contributed by atoms with Crippen LogP contribution in [-0.4, -0.2) is 33.4 Å². The highest BCUT2D eigenvalue weighted by Crippen LogP contribution is 2.47. The molecular weight excluding hydrogens is 430 g/mol. The monoisotopic (exact) mass is 449 g/mol. The van der Waals surface area contributed by atoms with Crippen LogP contribution in [0.3, 0.4) is 0 Å². The van der Waals surface area contributed by atoms with E-state index < -0.39 is 6.04 Å². The van der Waals surface area contributed by atoms with Gasteiger partial charge in [-0.1, -0.05) is 35.5 Å². The molecule has 0 fully saturated rings. The second-order valence-electron chi connectivity index (χ2n) is 7.85. The van der Waals surface area contributed by atoms with Crippen LogP contribution in [0.15, 0.2) is 89.9 Å². The molecule has 2 aromatic carbocycles. The summed E-state index contributed by atoms with van der Waals surface area (Å²) in [5.41, 5.74) is 6.01. The van der Waals surface area contributed by atoms with Crippen molar-refractivity contribution in [3.63, 3.8) is 0 Å². The third-order valence-corrected chi connectivity index (χ3v) is 6.02. The summed E-state index contributed by atoms with van der Waals surface area (Å²) >= 11 is 0. The lowest BCUT2D eigenvalue weighted by Crippen LogP contribution is -2.29. The standard InChI is InChI=1S/C26H19N5O3/c1-33-21-7-3-2-6-19(21)25-22-23(17-5-4-13-27-15-17)28-29-24(22)26(32)31(25)18-10-8-16(9-11-18)20-12-14-34-30-20/h2-15,25H,1H3,(H,28,29). The van der Waals surface area contributed by atoms with Gasteiger partial charge in [0.25, 0.3) is 5.91 Å². The van der Waals surface area contributed by atoms with Crippen molar-refractivity contribution in [1.29, 1.82) is 0 Å².